The summed E-state index contributed by atoms with van der Waals surface area (Å²) in [7, 11) is 0. The molecule has 1 aliphatic heterocycles. The van der Waals surface area contributed by atoms with Crippen molar-refractivity contribution in [3.63, 3.8) is 0 Å². The zero-order valence-electron chi connectivity index (χ0n) is 21.2. The summed E-state index contributed by atoms with van der Waals surface area (Å²) in [4.78, 5) is 27.1. The minimum atomic E-state index is -1.04. The van der Waals surface area contributed by atoms with Crippen LogP contribution in [-0.2, 0) is 11.2 Å². The first-order valence-corrected chi connectivity index (χ1v) is 13.2. The van der Waals surface area contributed by atoms with Gasteiger partial charge in [0.1, 0.15) is 11.3 Å². The number of carboxylic acids is 1. The van der Waals surface area contributed by atoms with E-state index < -0.39 is 5.97 Å². The third kappa shape index (κ3) is 7.74. The lowest BCUT2D eigenvalue weighted by atomic mass is 9.96. The van der Waals surface area contributed by atoms with E-state index in [1.54, 1.807) is 12.1 Å². The van der Waals surface area contributed by atoms with Crippen molar-refractivity contribution >= 4 is 17.6 Å². The SMILES string of the molecule is CCCCCCC(NC(=O)Cc1ccc(C(=O)O)c(OCC)c1)c1ccccc1N1CCCCC1. The number of aromatic carboxylic acids is 1. The van der Waals surface area contributed by atoms with Gasteiger partial charge < -0.3 is 20.1 Å². The molecule has 1 saturated heterocycles. The smallest absolute Gasteiger partial charge is 0.339 e. The topological polar surface area (TPSA) is 78.9 Å². The first-order chi connectivity index (χ1) is 17.0. The van der Waals surface area contributed by atoms with Crippen molar-refractivity contribution in [2.75, 3.05) is 24.6 Å². The highest BCUT2D eigenvalue weighted by molar-refractivity contribution is 5.91. The van der Waals surface area contributed by atoms with Crippen LogP contribution in [0.1, 0.15) is 92.7 Å². The van der Waals surface area contributed by atoms with Crippen molar-refractivity contribution in [3.8, 4) is 5.75 Å². The highest BCUT2D eigenvalue weighted by Gasteiger charge is 2.22. The maximum absolute atomic E-state index is 13.2. The van der Waals surface area contributed by atoms with Crippen LogP contribution in [0.2, 0.25) is 0 Å². The van der Waals surface area contributed by atoms with Gasteiger partial charge in [0.25, 0.3) is 0 Å². The molecule has 6 nitrogen and oxygen atoms in total. The predicted octanol–water partition coefficient (Wildman–Crippen LogP) is 6.14. The summed E-state index contributed by atoms with van der Waals surface area (Å²) >= 11 is 0. The highest BCUT2D eigenvalue weighted by Crippen LogP contribution is 2.32. The van der Waals surface area contributed by atoms with Crippen molar-refractivity contribution in [1.82, 2.24) is 5.32 Å². The molecule has 0 aromatic heterocycles. The van der Waals surface area contributed by atoms with E-state index in [1.165, 1.54) is 49.4 Å². The summed E-state index contributed by atoms with van der Waals surface area (Å²) in [6, 6.07) is 13.3. The zero-order valence-corrected chi connectivity index (χ0v) is 21.2. The van der Waals surface area contributed by atoms with Crippen molar-refractivity contribution < 1.29 is 19.4 Å². The Labute approximate surface area is 209 Å². The number of hydrogen-bond donors (Lipinski definition) is 2. The molecular weight excluding hydrogens is 440 g/mol. The number of ether oxygens (including phenoxy) is 1. The van der Waals surface area contributed by atoms with Crippen molar-refractivity contribution in [1.29, 1.82) is 0 Å². The fraction of sp³-hybridized carbons (Fsp3) is 0.517. The molecule has 0 saturated carbocycles. The van der Waals surface area contributed by atoms with Gasteiger partial charge in [0, 0.05) is 18.8 Å². The summed E-state index contributed by atoms with van der Waals surface area (Å²) in [6.07, 6.45) is 9.36. The van der Waals surface area contributed by atoms with E-state index in [2.05, 4.69) is 41.4 Å². The molecule has 2 N–H and O–H groups in total. The molecule has 0 aliphatic carbocycles. The van der Waals surface area contributed by atoms with Crippen LogP contribution in [0.3, 0.4) is 0 Å². The maximum atomic E-state index is 13.2. The van der Waals surface area contributed by atoms with E-state index in [-0.39, 0.29) is 23.9 Å². The van der Waals surface area contributed by atoms with Crippen molar-refractivity contribution in [2.24, 2.45) is 0 Å². The Morgan fingerprint density at radius 1 is 1.03 bits per heavy atom. The number of carboxylic acid groups (broad SMARTS) is 1. The molecule has 6 heteroatoms. The molecule has 1 amide bonds. The van der Waals surface area contributed by atoms with E-state index in [4.69, 9.17) is 4.74 Å². The van der Waals surface area contributed by atoms with Gasteiger partial charge in [0.15, 0.2) is 0 Å². The normalized spacial score (nSPS) is 14.4. The number of para-hydroxylation sites is 1. The second-order valence-electron chi connectivity index (χ2n) is 9.32. The van der Waals surface area contributed by atoms with E-state index in [9.17, 15) is 14.7 Å². The van der Waals surface area contributed by atoms with E-state index in [0.29, 0.717) is 12.4 Å². The van der Waals surface area contributed by atoms with Crippen LogP contribution in [0, 0.1) is 0 Å². The van der Waals surface area contributed by atoms with Gasteiger partial charge in [-0.3, -0.25) is 4.79 Å². The van der Waals surface area contributed by atoms with Gasteiger partial charge in [-0.05, 0) is 61.9 Å². The van der Waals surface area contributed by atoms with Gasteiger partial charge in [0.2, 0.25) is 5.91 Å². The minimum absolute atomic E-state index is 0.0536. The number of nitrogens with one attached hydrogen (secondary N) is 1. The first kappa shape index (κ1) is 26.6. The molecule has 35 heavy (non-hydrogen) atoms. The van der Waals surface area contributed by atoms with E-state index in [0.717, 1.165) is 37.9 Å². The van der Waals surface area contributed by atoms with Crippen LogP contribution in [0.4, 0.5) is 5.69 Å². The number of rotatable bonds is 13. The lowest BCUT2D eigenvalue weighted by Crippen LogP contribution is -2.34. The Kier molecular flexibility index (Phi) is 10.5. The van der Waals surface area contributed by atoms with Crippen LogP contribution in [-0.4, -0.2) is 36.7 Å². The third-order valence-electron chi connectivity index (χ3n) is 6.63. The molecule has 190 valence electrons. The zero-order chi connectivity index (χ0) is 25.0. The van der Waals surface area contributed by atoms with Crippen LogP contribution in [0.5, 0.6) is 5.75 Å². The second-order valence-corrected chi connectivity index (χ2v) is 9.32. The molecule has 1 fully saturated rings. The molecule has 2 aromatic carbocycles. The number of carbonyl (C=O) groups excluding carboxylic acids is 1. The third-order valence-corrected chi connectivity index (χ3v) is 6.63. The monoisotopic (exact) mass is 480 g/mol. The van der Waals surface area contributed by atoms with E-state index in [1.807, 2.05) is 6.92 Å². The second kappa shape index (κ2) is 13.8. The average molecular weight is 481 g/mol. The molecule has 0 spiro atoms. The number of carbonyl (C=O) groups is 2. The van der Waals surface area contributed by atoms with Crippen molar-refractivity contribution in [2.45, 2.75) is 77.7 Å². The van der Waals surface area contributed by atoms with Crippen LogP contribution >= 0.6 is 0 Å². The number of amides is 1. The van der Waals surface area contributed by atoms with Crippen LogP contribution in [0.25, 0.3) is 0 Å². The molecule has 0 radical (unpaired) electrons. The minimum Gasteiger partial charge on any atom is -0.493 e. The lowest BCUT2D eigenvalue weighted by Gasteiger charge is -2.33. The summed E-state index contributed by atoms with van der Waals surface area (Å²) in [5, 5.41) is 12.7. The quantitative estimate of drug-likeness (QED) is 0.337. The lowest BCUT2D eigenvalue weighted by molar-refractivity contribution is -0.121. The van der Waals surface area contributed by atoms with Crippen molar-refractivity contribution in [3.05, 3.63) is 59.2 Å². The molecular formula is C29H40N2O4. The molecule has 0 bridgehead atoms. The molecule has 1 unspecified atom stereocenters. The largest absolute Gasteiger partial charge is 0.493 e. The number of nitrogens with zero attached hydrogens (tertiary/aromatic N) is 1. The Morgan fingerprint density at radius 3 is 2.51 bits per heavy atom. The van der Waals surface area contributed by atoms with Crippen LogP contribution in [0.15, 0.2) is 42.5 Å². The molecule has 1 heterocycles. The predicted molar refractivity (Wildman–Crippen MR) is 140 cm³/mol. The molecule has 3 rings (SSSR count). The molecule has 1 aliphatic rings. The average Bonchev–Trinajstić information content (AvgIpc) is 2.86. The Bertz CT molecular complexity index is 969. The van der Waals surface area contributed by atoms with Gasteiger partial charge >= 0.3 is 5.97 Å². The number of hydrogen-bond acceptors (Lipinski definition) is 4. The first-order valence-electron chi connectivity index (χ1n) is 13.2. The summed E-state index contributed by atoms with van der Waals surface area (Å²) < 4.78 is 5.51. The fourth-order valence-electron chi connectivity index (χ4n) is 4.84. The van der Waals surface area contributed by atoms with Gasteiger partial charge in [-0.1, -0.05) is 56.9 Å². The number of anilines is 1. The number of benzene rings is 2. The maximum Gasteiger partial charge on any atom is 0.339 e. The highest BCUT2D eigenvalue weighted by atomic mass is 16.5. The van der Waals surface area contributed by atoms with Crippen LogP contribution < -0.4 is 15.0 Å². The van der Waals surface area contributed by atoms with Gasteiger partial charge in [-0.15, -0.1) is 0 Å². The standard InChI is InChI=1S/C29H40N2O4/c1-3-5-6-8-14-25(23-13-9-10-15-26(23)31-18-11-7-12-19-31)30-28(32)21-22-16-17-24(29(33)34)27(20-22)35-4-2/h9-10,13,15-17,20,25H,3-8,11-12,14,18-19,21H2,1-2H3,(H,30,32)(H,33,34). The van der Waals surface area contributed by atoms with Gasteiger partial charge in [-0.2, -0.15) is 0 Å². The Morgan fingerprint density at radius 2 is 1.80 bits per heavy atom. The van der Waals surface area contributed by atoms with E-state index >= 15 is 0 Å². The summed E-state index contributed by atoms with van der Waals surface area (Å²) in [6.45, 7) is 6.50. The summed E-state index contributed by atoms with van der Waals surface area (Å²) in [5.74, 6) is -0.799. The number of unbranched alkanes of at least 4 members (excludes halogenated alkanes) is 3. The van der Waals surface area contributed by atoms with Gasteiger partial charge in [0.05, 0.1) is 19.1 Å². The Hall–Kier alpha value is -3.02. The Balaban J connectivity index is 1.78. The van der Waals surface area contributed by atoms with Gasteiger partial charge in [-0.25, -0.2) is 4.79 Å². The molecule has 1 atom stereocenters. The molecule has 2 aromatic rings. The summed E-state index contributed by atoms with van der Waals surface area (Å²) in [5.41, 5.74) is 3.28. The fourth-order valence-corrected chi connectivity index (χ4v) is 4.84. The number of piperidine rings is 1.